The Morgan fingerprint density at radius 3 is 2.05 bits per heavy atom. The molecule has 3 fully saturated rings. The summed E-state index contributed by atoms with van der Waals surface area (Å²) < 4.78 is 20.0. The zero-order chi connectivity index (χ0) is 65.5. The first-order valence-electron chi connectivity index (χ1n) is 28.3. The summed E-state index contributed by atoms with van der Waals surface area (Å²) in [6.07, 6.45) is -13.4. The number of nitrogens with two attached hydrogens (primary N) is 1. The number of methoxy groups -OCH3 is 1. The van der Waals surface area contributed by atoms with Crippen molar-refractivity contribution >= 4 is 70.9 Å². The van der Waals surface area contributed by atoms with E-state index in [1.807, 2.05) is 24.3 Å². The van der Waals surface area contributed by atoms with Crippen LogP contribution in [0.4, 0.5) is 0 Å². The number of carbonyl (C=O) groups excluding carboxylic acids is 8. The summed E-state index contributed by atoms with van der Waals surface area (Å²) in [6.45, 7) is 1.90. The number of hydrogen-bond donors (Lipinski definition) is 14. The summed E-state index contributed by atoms with van der Waals surface area (Å²) in [5, 5.41) is 125. The average Bonchev–Trinajstić information content (AvgIpc) is 1.81. The molecule has 91 heavy (non-hydrogen) atoms. The Morgan fingerprint density at radius 2 is 1.42 bits per heavy atom. The zero-order valence-corrected chi connectivity index (χ0v) is 53.3. The van der Waals surface area contributed by atoms with E-state index in [9.17, 15) is 84.5 Å². The third-order valence-electron chi connectivity index (χ3n) is 15.1. The van der Waals surface area contributed by atoms with Crippen molar-refractivity contribution in [2.75, 3.05) is 40.0 Å². The van der Waals surface area contributed by atoms with Crippen molar-refractivity contribution in [1.82, 2.24) is 46.6 Å². The number of aliphatic hydroxyl groups excluding tert-OH is 7. The van der Waals surface area contributed by atoms with Gasteiger partial charge in [-0.05, 0) is 80.3 Å². The molecule has 3 aliphatic heterocycles. The number of β-amino-alcohol motifs (C(OH)–C–C–N with tert-alkyl or cyclic N) is 1. The molecule has 3 aliphatic rings. The summed E-state index contributed by atoms with van der Waals surface area (Å²) in [6, 6.07) is 3.87. The molecule has 35 heteroatoms. The summed E-state index contributed by atoms with van der Waals surface area (Å²) in [5.74, 6) is -11.3. The summed E-state index contributed by atoms with van der Waals surface area (Å²) in [7, 11) is 1.66. The van der Waals surface area contributed by atoms with Gasteiger partial charge in [0.1, 0.15) is 64.2 Å². The maximum atomic E-state index is 14.7. The fraction of sp³-hybridized carbons (Fsp3) is 0.500. The van der Waals surface area contributed by atoms with Gasteiger partial charge in [0.05, 0.1) is 43.5 Å². The minimum absolute atomic E-state index is 0. The van der Waals surface area contributed by atoms with Gasteiger partial charge in [0, 0.05) is 68.8 Å². The number of fused-ring (bicyclic) bond motifs is 2. The van der Waals surface area contributed by atoms with Crippen LogP contribution >= 0.6 is 23.7 Å². The number of benzene rings is 3. The Hall–Kier alpha value is -6.71. The van der Waals surface area contributed by atoms with E-state index in [0.29, 0.717) is 34.5 Å². The number of hydrogen-bond acceptors (Lipinski definition) is 26. The molecule has 7 rings (SSSR count). The molecule has 4 heterocycles. The molecule has 3 aromatic carbocycles. The molecule has 0 saturated carbocycles. The Labute approximate surface area is 550 Å². The van der Waals surface area contributed by atoms with Crippen LogP contribution in [0, 0.1) is 5.92 Å². The molecule has 15 N–H and O–H groups in total. The fourth-order valence-corrected chi connectivity index (χ4v) is 11.4. The number of phenols is 1. The van der Waals surface area contributed by atoms with Gasteiger partial charge < -0.3 is 102 Å². The zero-order valence-electron chi connectivity index (χ0n) is 49.7. The molecule has 14 unspecified atom stereocenters. The van der Waals surface area contributed by atoms with Crippen molar-refractivity contribution in [2.45, 2.75) is 131 Å². The van der Waals surface area contributed by atoms with Gasteiger partial charge in [0.2, 0.25) is 41.4 Å². The third-order valence-corrected chi connectivity index (χ3v) is 16.5. The number of ether oxygens (including phenoxy) is 2. The number of nitrogens with zero attached hydrogens (tertiary/aromatic N) is 4. The predicted molar refractivity (Wildman–Crippen MR) is 310 cm³/mol. The Balaban J connectivity index is 0.0000132. The number of aliphatic hydroxyl groups is 7. The largest absolute Gasteiger partial charge is 1.00 e. The van der Waals surface area contributed by atoms with Crippen molar-refractivity contribution in [3.63, 3.8) is 0 Å². The molecule has 4 aromatic rings. The van der Waals surface area contributed by atoms with E-state index < -0.39 is 183 Å². The number of carbonyl (C=O) groups is 8. The SMILES string of the molecule is COCCCCCOc1ccc(-c2nnc(-c3ccc(C(=O)NC4CC(O)CNC(=O)C5C(O)C(C)CN5C(=O)C(C(O)CC(N)=O)NC(=O)C(C(O)C(O)c5ccc(O)c(OSOO[O-])c5)NC(=O)C5CC(O)CN5C(=O)C(C(C)O)NC4=O)cc3)s2)cc1.[Na+]. The smallest absolute Gasteiger partial charge is 0.691 e. The number of phenolic OH excluding ortho intramolecular Hbond substituents is 1. The average molecular weight is 1320 g/mol. The molecular formula is C56H71N10NaO22S2. The van der Waals surface area contributed by atoms with Crippen molar-refractivity contribution in [1.29, 1.82) is 0 Å². The van der Waals surface area contributed by atoms with E-state index in [0.717, 1.165) is 59.7 Å². The number of amides is 8. The van der Waals surface area contributed by atoms with Crippen LogP contribution in [0.2, 0.25) is 0 Å². The van der Waals surface area contributed by atoms with Crippen molar-refractivity contribution in [3.05, 3.63) is 77.9 Å². The van der Waals surface area contributed by atoms with Crippen LogP contribution in [0.1, 0.15) is 74.4 Å². The topological polar surface area (TPSA) is 486 Å². The number of rotatable bonds is 22. The predicted octanol–water partition coefficient (Wildman–Crippen LogP) is -6.74. The van der Waals surface area contributed by atoms with E-state index in [1.165, 1.54) is 30.4 Å². The van der Waals surface area contributed by atoms with E-state index in [-0.39, 0.29) is 53.0 Å². The summed E-state index contributed by atoms with van der Waals surface area (Å²) in [4.78, 5) is 115. The van der Waals surface area contributed by atoms with E-state index >= 15 is 0 Å². The van der Waals surface area contributed by atoms with Crippen LogP contribution in [0.3, 0.4) is 0 Å². The molecule has 8 amide bonds. The standard InChI is InChI=1S/C56H72N10O22S2.Na/c1-26-24-66-44(45(26)73)52(80)58-23-32(68)20-35(59-48(76)28-7-9-29(10-8-28)53-63-64-54(89-53)30-11-14-34(15-12-30)85-18-6-4-5-17-84-3)49(77)60-41(27(2)67)55(81)65-25-33(69)21-36(65)50(78)62-43(51(79)61-42(56(66)82)38(71)22-40(57)72)47(75)46(74)31-13-16-37(70)39(19-31)86-90-88-87-83;/h7-16,19,26-27,32-33,35-36,38,41-47,67-71,73-75,83H,4-6,17-18,20-25H2,1-3H3,(H2,57,72)(H,58,80)(H,59,76)(H,60,77)(H,61,79)(H,62,78);/q;+1/p-1. The summed E-state index contributed by atoms with van der Waals surface area (Å²) in [5.41, 5.74) is 6.33. The van der Waals surface area contributed by atoms with Crippen LogP contribution in [-0.2, 0) is 47.7 Å². The molecule has 0 bridgehead atoms. The van der Waals surface area contributed by atoms with Gasteiger partial charge in [-0.3, -0.25) is 43.4 Å². The van der Waals surface area contributed by atoms with Crippen LogP contribution in [0.15, 0.2) is 66.7 Å². The molecule has 3 saturated heterocycles. The van der Waals surface area contributed by atoms with E-state index in [1.54, 1.807) is 19.2 Å². The number of unbranched alkanes of at least 4 members (excludes halogenated alkanes) is 2. The molecule has 32 nitrogen and oxygen atoms in total. The van der Waals surface area contributed by atoms with Crippen molar-refractivity contribution in [2.24, 2.45) is 11.7 Å². The second-order valence-electron chi connectivity index (χ2n) is 21.8. The van der Waals surface area contributed by atoms with E-state index in [2.05, 4.69) is 46.2 Å². The van der Waals surface area contributed by atoms with Crippen molar-refractivity contribution < 1.29 is 137 Å². The monoisotopic (exact) mass is 1320 g/mol. The number of aromatic nitrogens is 2. The minimum atomic E-state index is -2.54. The molecule has 0 aliphatic carbocycles. The van der Waals surface area contributed by atoms with Gasteiger partial charge >= 0.3 is 29.6 Å². The van der Waals surface area contributed by atoms with Gasteiger partial charge in [-0.1, -0.05) is 36.5 Å². The van der Waals surface area contributed by atoms with Crippen LogP contribution in [0.25, 0.3) is 21.1 Å². The maximum Gasteiger partial charge on any atom is 1.00 e. The number of aromatic hydroxyl groups is 1. The van der Waals surface area contributed by atoms with Gasteiger partial charge in [-0.25, -0.2) is 0 Å². The normalized spacial score (nSPS) is 25.0. The van der Waals surface area contributed by atoms with Crippen LogP contribution < -0.4 is 76.1 Å². The van der Waals surface area contributed by atoms with Gasteiger partial charge in [-0.15, -0.1) is 14.5 Å². The van der Waals surface area contributed by atoms with Gasteiger partial charge in [-0.2, -0.15) is 0 Å². The molecule has 14 atom stereocenters. The Bertz CT molecular complexity index is 3160. The molecular weight excluding hydrogens is 1250 g/mol. The fourth-order valence-electron chi connectivity index (χ4n) is 10.3. The van der Waals surface area contributed by atoms with Gasteiger partial charge in [0.25, 0.3) is 18.2 Å². The van der Waals surface area contributed by atoms with Crippen molar-refractivity contribution in [3.8, 4) is 38.4 Å². The summed E-state index contributed by atoms with van der Waals surface area (Å²) >= 11 is 1.18. The first-order valence-corrected chi connectivity index (χ1v) is 29.8. The molecule has 1 aromatic heterocycles. The Morgan fingerprint density at radius 1 is 0.791 bits per heavy atom. The second-order valence-corrected chi connectivity index (χ2v) is 23.2. The first-order chi connectivity index (χ1) is 42.9. The second kappa shape index (κ2) is 34.3. The molecule has 0 radical (unpaired) electrons. The molecule has 490 valence electrons. The van der Waals surface area contributed by atoms with Crippen LogP contribution in [0.5, 0.6) is 17.2 Å². The number of nitrogens with one attached hydrogen (secondary N) is 5. The number of primary amides is 1. The third kappa shape index (κ3) is 19.2. The van der Waals surface area contributed by atoms with Crippen LogP contribution in [-0.4, -0.2) is 221 Å². The quantitative estimate of drug-likeness (QED) is 0.0114. The first kappa shape index (κ1) is 73.3. The Kier molecular flexibility index (Phi) is 27.6. The minimum Gasteiger partial charge on any atom is -0.691 e. The van der Waals surface area contributed by atoms with Gasteiger partial charge in [0.15, 0.2) is 11.5 Å². The maximum absolute atomic E-state index is 14.7. The van der Waals surface area contributed by atoms with E-state index in [4.69, 9.17) is 19.4 Å². The molecule has 0 spiro atoms.